The van der Waals surface area contributed by atoms with E-state index in [2.05, 4.69) is 12.2 Å². The molecule has 1 aliphatic rings. The SMILES string of the molecule is CCc1ccc(NC(=O)[C@@H](C(C)C)N2Cc3ccccc3C2=O)cc1. The molecular formula is C21H24N2O2. The van der Waals surface area contributed by atoms with Crippen molar-refractivity contribution < 1.29 is 9.59 Å². The lowest BCUT2D eigenvalue weighted by Gasteiger charge is -2.30. The van der Waals surface area contributed by atoms with Gasteiger partial charge in [0.2, 0.25) is 5.91 Å². The number of hydrogen-bond donors (Lipinski definition) is 1. The third-order valence-electron chi connectivity index (χ3n) is 4.71. The van der Waals surface area contributed by atoms with E-state index < -0.39 is 6.04 Å². The number of fused-ring (bicyclic) bond motifs is 1. The van der Waals surface area contributed by atoms with Crippen molar-refractivity contribution in [3.63, 3.8) is 0 Å². The molecule has 1 heterocycles. The van der Waals surface area contributed by atoms with Gasteiger partial charge in [-0.2, -0.15) is 0 Å². The normalized spacial score (nSPS) is 14.6. The molecule has 1 N–H and O–H groups in total. The van der Waals surface area contributed by atoms with Crippen molar-refractivity contribution in [1.29, 1.82) is 0 Å². The summed E-state index contributed by atoms with van der Waals surface area (Å²) in [6, 6.07) is 14.9. The van der Waals surface area contributed by atoms with Gasteiger partial charge in [0, 0.05) is 17.8 Å². The van der Waals surface area contributed by atoms with Gasteiger partial charge in [-0.15, -0.1) is 0 Å². The molecule has 130 valence electrons. The van der Waals surface area contributed by atoms with Gasteiger partial charge in [-0.1, -0.05) is 51.1 Å². The Labute approximate surface area is 148 Å². The topological polar surface area (TPSA) is 49.4 Å². The Hall–Kier alpha value is -2.62. The summed E-state index contributed by atoms with van der Waals surface area (Å²) in [6.07, 6.45) is 0.962. The molecular weight excluding hydrogens is 312 g/mol. The highest BCUT2D eigenvalue weighted by molar-refractivity contribution is 6.03. The van der Waals surface area contributed by atoms with Crippen LogP contribution < -0.4 is 5.32 Å². The Morgan fingerprint density at radius 2 is 1.80 bits per heavy atom. The Balaban J connectivity index is 1.79. The molecule has 0 saturated carbocycles. The van der Waals surface area contributed by atoms with Gasteiger partial charge in [0.25, 0.3) is 5.91 Å². The van der Waals surface area contributed by atoms with Crippen LogP contribution in [0.4, 0.5) is 5.69 Å². The second-order valence-electron chi connectivity index (χ2n) is 6.82. The summed E-state index contributed by atoms with van der Waals surface area (Å²) in [5, 5.41) is 2.97. The first-order chi connectivity index (χ1) is 12.0. The van der Waals surface area contributed by atoms with Crippen molar-refractivity contribution in [3.8, 4) is 0 Å². The molecule has 0 bridgehead atoms. The lowest BCUT2D eigenvalue weighted by molar-refractivity contribution is -0.122. The Kier molecular flexibility index (Phi) is 4.88. The van der Waals surface area contributed by atoms with Gasteiger partial charge in [-0.25, -0.2) is 0 Å². The number of nitrogens with zero attached hydrogens (tertiary/aromatic N) is 1. The van der Waals surface area contributed by atoms with E-state index in [1.54, 1.807) is 4.90 Å². The monoisotopic (exact) mass is 336 g/mol. The van der Waals surface area contributed by atoms with Gasteiger partial charge < -0.3 is 10.2 Å². The number of carbonyl (C=O) groups excluding carboxylic acids is 2. The van der Waals surface area contributed by atoms with Gasteiger partial charge in [0.05, 0.1) is 0 Å². The first-order valence-corrected chi connectivity index (χ1v) is 8.80. The van der Waals surface area contributed by atoms with Crippen molar-refractivity contribution >= 4 is 17.5 Å². The lowest BCUT2D eigenvalue weighted by Crippen LogP contribution is -2.47. The standard InChI is InChI=1S/C21H24N2O2/c1-4-15-9-11-17(12-10-15)22-20(24)19(14(2)3)23-13-16-7-5-6-8-18(16)21(23)25/h5-12,14,19H,4,13H2,1-3H3,(H,22,24)/t19-/m1/s1. The van der Waals surface area contributed by atoms with Crippen molar-refractivity contribution in [3.05, 3.63) is 65.2 Å². The molecule has 2 aromatic rings. The van der Waals surface area contributed by atoms with Crippen molar-refractivity contribution in [2.75, 3.05) is 5.32 Å². The molecule has 0 aliphatic carbocycles. The van der Waals surface area contributed by atoms with Gasteiger partial charge in [-0.3, -0.25) is 9.59 Å². The van der Waals surface area contributed by atoms with E-state index in [0.717, 1.165) is 17.7 Å². The molecule has 4 heteroatoms. The van der Waals surface area contributed by atoms with E-state index in [1.807, 2.05) is 62.4 Å². The highest BCUT2D eigenvalue weighted by Gasteiger charge is 2.37. The molecule has 0 unspecified atom stereocenters. The highest BCUT2D eigenvalue weighted by Crippen LogP contribution is 2.27. The maximum absolute atomic E-state index is 12.9. The largest absolute Gasteiger partial charge is 0.324 e. The Morgan fingerprint density at radius 3 is 2.40 bits per heavy atom. The number of nitrogens with one attached hydrogen (secondary N) is 1. The van der Waals surface area contributed by atoms with Crippen LogP contribution in [0.1, 0.15) is 42.3 Å². The van der Waals surface area contributed by atoms with Crippen LogP contribution in [0.15, 0.2) is 48.5 Å². The molecule has 1 aliphatic heterocycles. The fourth-order valence-electron chi connectivity index (χ4n) is 3.35. The maximum Gasteiger partial charge on any atom is 0.255 e. The first-order valence-electron chi connectivity index (χ1n) is 8.80. The van der Waals surface area contributed by atoms with Gasteiger partial charge in [-0.05, 0) is 41.7 Å². The number of anilines is 1. The first kappa shape index (κ1) is 17.2. The predicted octanol–water partition coefficient (Wildman–Crippen LogP) is 3.87. The van der Waals surface area contributed by atoms with E-state index in [0.29, 0.717) is 12.1 Å². The average molecular weight is 336 g/mol. The zero-order valence-corrected chi connectivity index (χ0v) is 15.0. The van der Waals surface area contributed by atoms with Crippen LogP contribution in [-0.4, -0.2) is 22.8 Å². The predicted molar refractivity (Wildman–Crippen MR) is 99.4 cm³/mol. The minimum atomic E-state index is -0.495. The van der Waals surface area contributed by atoms with Crippen molar-refractivity contribution in [2.45, 2.75) is 39.8 Å². The van der Waals surface area contributed by atoms with Crippen LogP contribution in [-0.2, 0) is 17.8 Å². The Morgan fingerprint density at radius 1 is 1.12 bits per heavy atom. The van der Waals surface area contributed by atoms with E-state index >= 15 is 0 Å². The third kappa shape index (κ3) is 3.43. The maximum atomic E-state index is 12.9. The van der Waals surface area contributed by atoms with E-state index in [-0.39, 0.29) is 17.7 Å². The third-order valence-corrected chi connectivity index (χ3v) is 4.71. The second kappa shape index (κ2) is 7.09. The Bertz CT molecular complexity index is 781. The van der Waals surface area contributed by atoms with E-state index in [4.69, 9.17) is 0 Å². The molecule has 0 fully saturated rings. The van der Waals surface area contributed by atoms with Crippen LogP contribution in [0.25, 0.3) is 0 Å². The minimum absolute atomic E-state index is 0.0215. The highest BCUT2D eigenvalue weighted by atomic mass is 16.2. The number of rotatable bonds is 5. The molecule has 2 amide bonds. The van der Waals surface area contributed by atoms with Crippen LogP contribution in [0.5, 0.6) is 0 Å². The average Bonchev–Trinajstić information content (AvgIpc) is 2.92. The summed E-state index contributed by atoms with van der Waals surface area (Å²) in [7, 11) is 0. The summed E-state index contributed by atoms with van der Waals surface area (Å²) in [4.78, 5) is 27.3. The fraction of sp³-hybridized carbons (Fsp3) is 0.333. The molecule has 4 nitrogen and oxygen atoms in total. The van der Waals surface area contributed by atoms with Crippen LogP contribution in [0.2, 0.25) is 0 Å². The number of hydrogen-bond acceptors (Lipinski definition) is 2. The summed E-state index contributed by atoms with van der Waals surface area (Å²) >= 11 is 0. The van der Waals surface area contributed by atoms with Gasteiger partial charge in [0.1, 0.15) is 6.04 Å². The fourth-order valence-corrected chi connectivity index (χ4v) is 3.35. The summed E-state index contributed by atoms with van der Waals surface area (Å²) < 4.78 is 0. The summed E-state index contributed by atoms with van der Waals surface area (Å²) in [5.74, 6) is -0.181. The zero-order chi connectivity index (χ0) is 18.0. The van der Waals surface area contributed by atoms with E-state index in [1.165, 1.54) is 5.56 Å². The number of aryl methyl sites for hydroxylation is 1. The zero-order valence-electron chi connectivity index (χ0n) is 15.0. The molecule has 0 saturated heterocycles. The van der Waals surface area contributed by atoms with Gasteiger partial charge in [0.15, 0.2) is 0 Å². The van der Waals surface area contributed by atoms with Gasteiger partial charge >= 0.3 is 0 Å². The summed E-state index contributed by atoms with van der Waals surface area (Å²) in [5.41, 5.74) is 3.67. The van der Waals surface area contributed by atoms with Crippen molar-refractivity contribution in [2.24, 2.45) is 5.92 Å². The molecule has 0 radical (unpaired) electrons. The van der Waals surface area contributed by atoms with Crippen LogP contribution >= 0.6 is 0 Å². The molecule has 0 spiro atoms. The molecule has 2 aromatic carbocycles. The number of carbonyl (C=O) groups is 2. The molecule has 25 heavy (non-hydrogen) atoms. The van der Waals surface area contributed by atoms with Crippen LogP contribution in [0.3, 0.4) is 0 Å². The van der Waals surface area contributed by atoms with Crippen molar-refractivity contribution in [1.82, 2.24) is 4.90 Å². The second-order valence-corrected chi connectivity index (χ2v) is 6.82. The lowest BCUT2D eigenvalue weighted by atomic mass is 10.0. The van der Waals surface area contributed by atoms with E-state index in [9.17, 15) is 9.59 Å². The molecule has 1 atom stereocenters. The smallest absolute Gasteiger partial charge is 0.255 e. The molecule has 0 aromatic heterocycles. The quantitative estimate of drug-likeness (QED) is 0.901. The molecule has 3 rings (SSSR count). The van der Waals surface area contributed by atoms with Crippen LogP contribution in [0, 0.1) is 5.92 Å². The summed E-state index contributed by atoms with van der Waals surface area (Å²) in [6.45, 7) is 6.53. The number of benzene rings is 2. The number of amides is 2. The minimum Gasteiger partial charge on any atom is -0.324 e.